The standard InChI is InChI=1S/C17H27N3O/c1-13-7-5-6-10-20(13)12-16-9-4-3-8-15(16)11-19-17(21)14(2)18/h3-4,8-9,13-14H,5-7,10-12,18H2,1-2H3,(H,19,21)/t13?,14-/m1/s1. The van der Waals surface area contributed by atoms with Gasteiger partial charge in [-0.25, -0.2) is 0 Å². The van der Waals surface area contributed by atoms with Crippen molar-refractivity contribution in [1.82, 2.24) is 10.2 Å². The zero-order valence-electron chi connectivity index (χ0n) is 13.1. The lowest BCUT2D eigenvalue weighted by atomic mass is 10.0. The minimum atomic E-state index is -0.459. The maximum atomic E-state index is 11.6. The number of amides is 1. The number of nitrogens with one attached hydrogen (secondary N) is 1. The van der Waals surface area contributed by atoms with Crippen LogP contribution in [0.4, 0.5) is 0 Å². The SMILES string of the molecule is CC1CCCCN1Cc1ccccc1CNC(=O)[C@@H](C)N. The Morgan fingerprint density at radius 3 is 2.76 bits per heavy atom. The first-order valence-corrected chi connectivity index (χ1v) is 7.92. The normalized spacial score (nSPS) is 21.0. The lowest BCUT2D eigenvalue weighted by molar-refractivity contribution is -0.122. The van der Waals surface area contributed by atoms with Gasteiger partial charge in [0.15, 0.2) is 0 Å². The van der Waals surface area contributed by atoms with E-state index in [-0.39, 0.29) is 5.91 Å². The number of nitrogens with zero attached hydrogens (tertiary/aromatic N) is 1. The molecule has 0 aromatic heterocycles. The highest BCUT2D eigenvalue weighted by molar-refractivity contribution is 5.80. The van der Waals surface area contributed by atoms with Crippen LogP contribution < -0.4 is 11.1 Å². The molecule has 1 aromatic rings. The molecule has 4 heteroatoms. The Balaban J connectivity index is 2.00. The third kappa shape index (κ3) is 4.55. The van der Waals surface area contributed by atoms with Crippen LogP contribution in [0.5, 0.6) is 0 Å². The highest BCUT2D eigenvalue weighted by Gasteiger charge is 2.19. The van der Waals surface area contributed by atoms with E-state index in [0.717, 1.165) is 6.54 Å². The van der Waals surface area contributed by atoms with Crippen molar-refractivity contribution >= 4 is 5.91 Å². The molecule has 1 unspecified atom stereocenters. The number of carbonyl (C=O) groups is 1. The molecule has 1 saturated heterocycles. The van der Waals surface area contributed by atoms with Crippen LogP contribution in [0, 0.1) is 0 Å². The molecule has 1 aliphatic rings. The minimum absolute atomic E-state index is 0.101. The summed E-state index contributed by atoms with van der Waals surface area (Å²) in [7, 11) is 0. The highest BCUT2D eigenvalue weighted by atomic mass is 16.2. The molecule has 1 fully saturated rings. The molecule has 0 radical (unpaired) electrons. The van der Waals surface area contributed by atoms with Gasteiger partial charge in [-0.3, -0.25) is 9.69 Å². The van der Waals surface area contributed by atoms with E-state index in [9.17, 15) is 4.79 Å². The fourth-order valence-corrected chi connectivity index (χ4v) is 2.84. The van der Waals surface area contributed by atoms with Gasteiger partial charge in [-0.05, 0) is 44.4 Å². The summed E-state index contributed by atoms with van der Waals surface area (Å²) in [6.07, 6.45) is 3.90. The Morgan fingerprint density at radius 1 is 1.38 bits per heavy atom. The molecular weight excluding hydrogens is 262 g/mol. The zero-order chi connectivity index (χ0) is 15.2. The summed E-state index contributed by atoms with van der Waals surface area (Å²) in [4.78, 5) is 14.2. The van der Waals surface area contributed by atoms with Crippen molar-refractivity contribution in [1.29, 1.82) is 0 Å². The summed E-state index contributed by atoms with van der Waals surface area (Å²) >= 11 is 0. The van der Waals surface area contributed by atoms with E-state index in [4.69, 9.17) is 5.73 Å². The number of likely N-dealkylation sites (tertiary alicyclic amines) is 1. The van der Waals surface area contributed by atoms with Gasteiger partial charge in [-0.2, -0.15) is 0 Å². The van der Waals surface area contributed by atoms with Crippen molar-refractivity contribution in [2.75, 3.05) is 6.54 Å². The fourth-order valence-electron chi connectivity index (χ4n) is 2.84. The summed E-state index contributed by atoms with van der Waals surface area (Å²) in [5.41, 5.74) is 8.07. The summed E-state index contributed by atoms with van der Waals surface area (Å²) in [5, 5.41) is 2.90. The maximum Gasteiger partial charge on any atom is 0.236 e. The topological polar surface area (TPSA) is 58.4 Å². The Morgan fingerprint density at radius 2 is 2.10 bits per heavy atom. The van der Waals surface area contributed by atoms with Gasteiger partial charge in [-0.1, -0.05) is 30.7 Å². The van der Waals surface area contributed by atoms with Gasteiger partial charge in [0, 0.05) is 19.1 Å². The summed E-state index contributed by atoms with van der Waals surface area (Å²) in [5.74, 6) is -0.101. The van der Waals surface area contributed by atoms with E-state index in [0.29, 0.717) is 12.6 Å². The Hall–Kier alpha value is -1.39. The molecule has 116 valence electrons. The van der Waals surface area contributed by atoms with Gasteiger partial charge in [0.2, 0.25) is 5.91 Å². The van der Waals surface area contributed by atoms with E-state index >= 15 is 0 Å². The van der Waals surface area contributed by atoms with Crippen molar-refractivity contribution in [2.24, 2.45) is 5.73 Å². The lowest BCUT2D eigenvalue weighted by Crippen LogP contribution is -2.39. The second kappa shape index (κ2) is 7.57. The summed E-state index contributed by atoms with van der Waals surface area (Å²) < 4.78 is 0. The predicted molar refractivity (Wildman–Crippen MR) is 85.7 cm³/mol. The molecule has 21 heavy (non-hydrogen) atoms. The summed E-state index contributed by atoms with van der Waals surface area (Å²) in [6, 6.07) is 8.53. The van der Waals surface area contributed by atoms with E-state index in [1.807, 2.05) is 6.07 Å². The highest BCUT2D eigenvalue weighted by Crippen LogP contribution is 2.20. The number of carbonyl (C=O) groups excluding carboxylic acids is 1. The molecule has 0 aliphatic carbocycles. The number of piperidine rings is 1. The number of benzene rings is 1. The molecular formula is C17H27N3O. The quantitative estimate of drug-likeness (QED) is 0.872. The minimum Gasteiger partial charge on any atom is -0.351 e. The van der Waals surface area contributed by atoms with Crippen LogP contribution in [0.25, 0.3) is 0 Å². The van der Waals surface area contributed by atoms with Gasteiger partial charge < -0.3 is 11.1 Å². The molecule has 0 bridgehead atoms. The fraction of sp³-hybridized carbons (Fsp3) is 0.588. The van der Waals surface area contributed by atoms with Gasteiger partial charge in [0.05, 0.1) is 6.04 Å². The first kappa shape index (κ1) is 16.0. The summed E-state index contributed by atoms with van der Waals surface area (Å²) in [6.45, 7) is 6.70. The van der Waals surface area contributed by atoms with Crippen molar-refractivity contribution in [3.8, 4) is 0 Å². The van der Waals surface area contributed by atoms with Crippen LogP contribution in [-0.2, 0) is 17.9 Å². The molecule has 2 atom stereocenters. The second-order valence-electron chi connectivity index (χ2n) is 6.09. The van der Waals surface area contributed by atoms with Crippen molar-refractivity contribution < 1.29 is 4.79 Å². The zero-order valence-corrected chi connectivity index (χ0v) is 13.1. The van der Waals surface area contributed by atoms with Crippen LogP contribution in [0.1, 0.15) is 44.2 Å². The molecule has 0 spiro atoms. The van der Waals surface area contributed by atoms with Gasteiger partial charge in [0.25, 0.3) is 0 Å². The van der Waals surface area contributed by atoms with Gasteiger partial charge in [-0.15, -0.1) is 0 Å². The van der Waals surface area contributed by atoms with Crippen LogP contribution in [0.3, 0.4) is 0 Å². The molecule has 3 N–H and O–H groups in total. The molecule has 1 amide bonds. The number of rotatable bonds is 5. The Bertz CT molecular complexity index is 473. The molecule has 0 saturated carbocycles. The third-order valence-electron chi connectivity index (χ3n) is 4.30. The lowest BCUT2D eigenvalue weighted by Gasteiger charge is -2.33. The van der Waals surface area contributed by atoms with Crippen molar-refractivity contribution in [3.63, 3.8) is 0 Å². The molecule has 1 aromatic carbocycles. The van der Waals surface area contributed by atoms with Gasteiger partial charge in [0.1, 0.15) is 0 Å². The molecule has 1 aliphatic heterocycles. The van der Waals surface area contributed by atoms with E-state index < -0.39 is 6.04 Å². The van der Waals surface area contributed by atoms with Crippen LogP contribution >= 0.6 is 0 Å². The van der Waals surface area contributed by atoms with Crippen molar-refractivity contribution in [2.45, 2.75) is 58.3 Å². The number of hydrogen-bond donors (Lipinski definition) is 2. The average Bonchev–Trinajstić information content (AvgIpc) is 2.48. The van der Waals surface area contributed by atoms with Crippen LogP contribution in [0.2, 0.25) is 0 Å². The average molecular weight is 289 g/mol. The van der Waals surface area contributed by atoms with Gasteiger partial charge >= 0.3 is 0 Å². The first-order valence-electron chi connectivity index (χ1n) is 7.92. The third-order valence-corrected chi connectivity index (χ3v) is 4.30. The Kier molecular flexibility index (Phi) is 5.76. The largest absolute Gasteiger partial charge is 0.351 e. The number of hydrogen-bond acceptors (Lipinski definition) is 3. The van der Waals surface area contributed by atoms with E-state index in [1.54, 1.807) is 6.92 Å². The first-order chi connectivity index (χ1) is 10.1. The Labute approximate surface area is 127 Å². The molecule has 2 rings (SSSR count). The maximum absolute atomic E-state index is 11.6. The van der Waals surface area contributed by atoms with Crippen LogP contribution in [0.15, 0.2) is 24.3 Å². The monoisotopic (exact) mass is 289 g/mol. The second-order valence-corrected chi connectivity index (χ2v) is 6.09. The molecule has 4 nitrogen and oxygen atoms in total. The number of nitrogens with two attached hydrogens (primary N) is 1. The van der Waals surface area contributed by atoms with E-state index in [2.05, 4.69) is 35.3 Å². The van der Waals surface area contributed by atoms with Crippen molar-refractivity contribution in [3.05, 3.63) is 35.4 Å². The molecule has 1 heterocycles. The smallest absolute Gasteiger partial charge is 0.236 e. The van der Waals surface area contributed by atoms with Crippen LogP contribution in [-0.4, -0.2) is 29.4 Å². The predicted octanol–water partition coefficient (Wildman–Crippen LogP) is 2.02. The van der Waals surface area contributed by atoms with E-state index in [1.165, 1.54) is 36.9 Å².